The quantitative estimate of drug-likeness (QED) is 0.447. The molecular weight excluding hydrogens is 86.1 g/mol. The minimum atomic E-state index is 1.07. The molecule has 0 saturated heterocycles. The molecule has 0 aromatic rings. The van der Waals surface area contributed by atoms with Crippen molar-refractivity contribution in [2.75, 3.05) is 0 Å². The molecule has 1 aliphatic rings. The number of hydrogen-bond donors (Lipinski definition) is 0. The highest BCUT2D eigenvalue weighted by Crippen LogP contribution is 2.25. The zero-order valence-corrected chi connectivity index (χ0v) is 4.28. The Morgan fingerprint density at radius 2 is 1.86 bits per heavy atom. The first-order chi connectivity index (χ1) is 3.43. The molecular formula is C6H8N. The molecule has 1 fully saturated rings. The van der Waals surface area contributed by atoms with E-state index < -0.39 is 0 Å². The van der Waals surface area contributed by atoms with Crippen molar-refractivity contribution in [3.05, 3.63) is 5.92 Å². The number of nitriles is 1. The van der Waals surface area contributed by atoms with Crippen LogP contribution in [0.5, 0.6) is 0 Å². The molecule has 0 amide bonds. The van der Waals surface area contributed by atoms with Gasteiger partial charge in [0.05, 0.1) is 12.0 Å². The smallest absolute Gasteiger partial charge is 0.0760 e. The summed E-state index contributed by atoms with van der Waals surface area (Å²) in [7, 11) is 0. The Morgan fingerprint density at radius 3 is 2.14 bits per heavy atom. The minimum Gasteiger partial charge on any atom is -0.198 e. The maximum Gasteiger partial charge on any atom is 0.0760 e. The van der Waals surface area contributed by atoms with Gasteiger partial charge in [-0.3, -0.25) is 0 Å². The Hall–Kier alpha value is -0.510. The standard InChI is InChI=1S/C6H8N/c7-5-6-3-1-2-4-6/h1-4H2. The van der Waals surface area contributed by atoms with Crippen molar-refractivity contribution in [2.24, 2.45) is 0 Å². The van der Waals surface area contributed by atoms with Gasteiger partial charge in [0, 0.05) is 0 Å². The van der Waals surface area contributed by atoms with Crippen LogP contribution in [0.1, 0.15) is 25.7 Å². The Bertz CT molecular complexity index is 84.8. The molecule has 1 rings (SSSR count). The van der Waals surface area contributed by atoms with E-state index in [0.717, 1.165) is 18.8 Å². The molecule has 0 heterocycles. The Morgan fingerprint density at radius 1 is 1.29 bits per heavy atom. The van der Waals surface area contributed by atoms with Gasteiger partial charge in [0.1, 0.15) is 0 Å². The fourth-order valence-corrected chi connectivity index (χ4v) is 0.914. The second kappa shape index (κ2) is 1.97. The van der Waals surface area contributed by atoms with Crippen molar-refractivity contribution in [1.29, 1.82) is 5.26 Å². The average molecular weight is 94.1 g/mol. The Labute approximate surface area is 44.0 Å². The molecule has 1 aliphatic carbocycles. The van der Waals surface area contributed by atoms with E-state index in [1.54, 1.807) is 0 Å². The maximum atomic E-state index is 8.28. The van der Waals surface area contributed by atoms with E-state index in [4.69, 9.17) is 5.26 Å². The van der Waals surface area contributed by atoms with Gasteiger partial charge in [0.25, 0.3) is 0 Å². The van der Waals surface area contributed by atoms with Crippen molar-refractivity contribution < 1.29 is 0 Å². The van der Waals surface area contributed by atoms with E-state index in [9.17, 15) is 0 Å². The molecule has 7 heavy (non-hydrogen) atoms. The molecule has 0 N–H and O–H groups in total. The zero-order valence-electron chi connectivity index (χ0n) is 4.28. The maximum absolute atomic E-state index is 8.28. The zero-order chi connectivity index (χ0) is 5.11. The van der Waals surface area contributed by atoms with Crippen LogP contribution in [-0.2, 0) is 0 Å². The van der Waals surface area contributed by atoms with Gasteiger partial charge in [0.2, 0.25) is 0 Å². The molecule has 1 radical (unpaired) electrons. The van der Waals surface area contributed by atoms with Crippen LogP contribution in [0.3, 0.4) is 0 Å². The summed E-state index contributed by atoms with van der Waals surface area (Å²) in [4.78, 5) is 0. The molecule has 37 valence electrons. The second-order valence-electron chi connectivity index (χ2n) is 1.92. The van der Waals surface area contributed by atoms with Crippen molar-refractivity contribution in [2.45, 2.75) is 25.7 Å². The normalized spacial score (nSPS) is 22.1. The molecule has 0 bridgehead atoms. The monoisotopic (exact) mass is 94.1 g/mol. The summed E-state index contributed by atoms with van der Waals surface area (Å²) in [6.45, 7) is 0. The van der Waals surface area contributed by atoms with E-state index in [1.165, 1.54) is 12.8 Å². The lowest BCUT2D eigenvalue weighted by Crippen LogP contribution is -1.79. The first-order valence-electron chi connectivity index (χ1n) is 2.68. The molecule has 1 nitrogen and oxygen atoms in total. The van der Waals surface area contributed by atoms with Crippen molar-refractivity contribution in [3.8, 4) is 6.07 Å². The Balaban J connectivity index is 2.31. The molecule has 0 aliphatic heterocycles. The van der Waals surface area contributed by atoms with Gasteiger partial charge in [-0.05, 0) is 12.8 Å². The van der Waals surface area contributed by atoms with Crippen LogP contribution in [0, 0.1) is 17.2 Å². The summed E-state index contributed by atoms with van der Waals surface area (Å²) >= 11 is 0. The van der Waals surface area contributed by atoms with Gasteiger partial charge in [-0.1, -0.05) is 12.8 Å². The lowest BCUT2D eigenvalue weighted by molar-refractivity contribution is 0.886. The van der Waals surface area contributed by atoms with Gasteiger partial charge < -0.3 is 0 Å². The van der Waals surface area contributed by atoms with Crippen LogP contribution in [-0.4, -0.2) is 0 Å². The topological polar surface area (TPSA) is 23.8 Å². The van der Waals surface area contributed by atoms with Crippen molar-refractivity contribution in [3.63, 3.8) is 0 Å². The van der Waals surface area contributed by atoms with E-state index in [2.05, 4.69) is 6.07 Å². The number of nitrogens with zero attached hydrogens (tertiary/aromatic N) is 1. The summed E-state index contributed by atoms with van der Waals surface area (Å²) in [5.74, 6) is 1.10. The van der Waals surface area contributed by atoms with Crippen LogP contribution in [0.2, 0.25) is 0 Å². The minimum absolute atomic E-state index is 1.07. The second-order valence-corrected chi connectivity index (χ2v) is 1.92. The van der Waals surface area contributed by atoms with Gasteiger partial charge >= 0.3 is 0 Å². The number of rotatable bonds is 0. The van der Waals surface area contributed by atoms with E-state index in [1.807, 2.05) is 0 Å². The van der Waals surface area contributed by atoms with Crippen LogP contribution in [0.15, 0.2) is 0 Å². The van der Waals surface area contributed by atoms with Crippen LogP contribution < -0.4 is 0 Å². The molecule has 0 unspecified atom stereocenters. The third-order valence-electron chi connectivity index (χ3n) is 1.37. The first-order valence-corrected chi connectivity index (χ1v) is 2.68. The van der Waals surface area contributed by atoms with Gasteiger partial charge in [-0.2, -0.15) is 5.26 Å². The van der Waals surface area contributed by atoms with Gasteiger partial charge in [-0.25, -0.2) is 0 Å². The summed E-state index contributed by atoms with van der Waals surface area (Å²) in [6.07, 6.45) is 4.61. The van der Waals surface area contributed by atoms with Crippen molar-refractivity contribution >= 4 is 0 Å². The molecule has 0 aromatic carbocycles. The van der Waals surface area contributed by atoms with Gasteiger partial charge in [-0.15, -0.1) is 0 Å². The van der Waals surface area contributed by atoms with Gasteiger partial charge in [0.15, 0.2) is 0 Å². The predicted octanol–water partition coefficient (Wildman–Crippen LogP) is 1.66. The van der Waals surface area contributed by atoms with E-state index in [-0.39, 0.29) is 0 Å². The lowest BCUT2D eigenvalue weighted by atomic mass is 10.1. The number of hydrogen-bond acceptors (Lipinski definition) is 1. The SMILES string of the molecule is N#C[C]1CCCC1. The lowest BCUT2D eigenvalue weighted by Gasteiger charge is -1.86. The summed E-state index contributed by atoms with van der Waals surface area (Å²) < 4.78 is 0. The summed E-state index contributed by atoms with van der Waals surface area (Å²) in [5, 5.41) is 8.28. The predicted molar refractivity (Wildman–Crippen MR) is 27.3 cm³/mol. The molecule has 0 atom stereocenters. The van der Waals surface area contributed by atoms with Crippen LogP contribution in [0.4, 0.5) is 0 Å². The third kappa shape index (κ3) is 0.928. The molecule has 0 aromatic heterocycles. The summed E-state index contributed by atoms with van der Waals surface area (Å²) in [5.41, 5.74) is 0. The third-order valence-corrected chi connectivity index (χ3v) is 1.37. The highest BCUT2D eigenvalue weighted by Gasteiger charge is 2.13. The fraction of sp³-hybridized carbons (Fsp3) is 0.667. The largest absolute Gasteiger partial charge is 0.198 e. The molecule has 1 saturated carbocycles. The highest BCUT2D eigenvalue weighted by molar-refractivity contribution is 5.12. The highest BCUT2D eigenvalue weighted by atomic mass is 14.3. The average Bonchev–Trinajstić information content (AvgIpc) is 2.14. The fourth-order valence-electron chi connectivity index (χ4n) is 0.914. The first kappa shape index (κ1) is 4.64. The molecule has 0 spiro atoms. The van der Waals surface area contributed by atoms with E-state index >= 15 is 0 Å². The van der Waals surface area contributed by atoms with Crippen LogP contribution in [0.25, 0.3) is 0 Å². The van der Waals surface area contributed by atoms with Crippen molar-refractivity contribution in [1.82, 2.24) is 0 Å². The molecule has 1 heteroatoms. The van der Waals surface area contributed by atoms with Crippen LogP contribution >= 0.6 is 0 Å². The Kier molecular flexibility index (Phi) is 1.31. The van der Waals surface area contributed by atoms with E-state index in [0.29, 0.717) is 0 Å². The summed E-state index contributed by atoms with van der Waals surface area (Å²) in [6, 6.07) is 2.18.